The largest absolute Gasteiger partial charge is 0.493 e. The van der Waals surface area contributed by atoms with Gasteiger partial charge in [0.2, 0.25) is 0 Å². The molecule has 1 aromatic carbocycles. The number of esters is 1. The molecule has 6 nitrogen and oxygen atoms in total. The van der Waals surface area contributed by atoms with E-state index in [1.54, 1.807) is 24.3 Å². The average molecular weight is 413 g/mol. The van der Waals surface area contributed by atoms with Crippen molar-refractivity contribution in [3.05, 3.63) is 42.0 Å². The summed E-state index contributed by atoms with van der Waals surface area (Å²) in [5, 5.41) is 27.9. The maximum Gasteiger partial charge on any atom is 0.306 e. The molecule has 3 N–H and O–H groups in total. The molecule has 0 bridgehead atoms. The second kappa shape index (κ2) is 12.1. The Labute approximate surface area is 170 Å². The minimum Gasteiger partial charge on any atom is -0.493 e. The molecular formula is C21H29ClO6. The van der Waals surface area contributed by atoms with Crippen LogP contribution in [0.2, 0.25) is 0 Å². The Kier molecular flexibility index (Phi) is 9.78. The highest BCUT2D eigenvalue weighted by Crippen LogP contribution is 2.39. The lowest BCUT2D eigenvalue weighted by molar-refractivity contribution is -0.144. The van der Waals surface area contributed by atoms with E-state index < -0.39 is 6.10 Å². The van der Waals surface area contributed by atoms with E-state index in [1.807, 2.05) is 12.2 Å². The van der Waals surface area contributed by atoms with Gasteiger partial charge in [-0.15, -0.1) is 11.6 Å². The minimum atomic E-state index is -0.508. The van der Waals surface area contributed by atoms with Crippen molar-refractivity contribution in [3.8, 4) is 5.75 Å². The first-order valence-corrected chi connectivity index (χ1v) is 10.0. The van der Waals surface area contributed by atoms with Crippen LogP contribution in [-0.4, -0.2) is 52.6 Å². The molecule has 156 valence electrons. The van der Waals surface area contributed by atoms with E-state index in [1.165, 1.54) is 0 Å². The molecule has 1 aliphatic rings. The van der Waals surface area contributed by atoms with Gasteiger partial charge in [-0.1, -0.05) is 24.3 Å². The van der Waals surface area contributed by atoms with Gasteiger partial charge in [-0.3, -0.25) is 4.79 Å². The summed E-state index contributed by atoms with van der Waals surface area (Å²) in [5.74, 6) is 0.381. The number of aliphatic hydroxyl groups is 3. The van der Waals surface area contributed by atoms with Crippen LogP contribution in [0.4, 0.5) is 0 Å². The Bertz CT molecular complexity index is 618. The van der Waals surface area contributed by atoms with E-state index in [0.29, 0.717) is 31.6 Å². The highest BCUT2D eigenvalue weighted by atomic mass is 35.5. The van der Waals surface area contributed by atoms with Gasteiger partial charge in [0, 0.05) is 17.7 Å². The lowest BCUT2D eigenvalue weighted by atomic mass is 9.92. The monoisotopic (exact) mass is 412 g/mol. The normalized spacial score (nSPS) is 24.6. The lowest BCUT2D eigenvalue weighted by Gasteiger charge is -2.22. The standard InChI is InChI=1S/C21H29ClO6/c22-19-12-20(25)18(14-28-16-8-6-15(13-24)7-9-16)17(19)4-2-1-3-5-21(26)27-11-10-23/h1-2,6-9,17-20,23-25H,3-5,10-14H2/b2-1-/t17-,18-,19-,20-/m1/s1. The van der Waals surface area contributed by atoms with Crippen molar-refractivity contribution >= 4 is 17.6 Å². The quantitative estimate of drug-likeness (QED) is 0.293. The predicted octanol–water partition coefficient (Wildman–Crippen LogP) is 2.42. The molecule has 0 aliphatic heterocycles. The molecule has 1 saturated carbocycles. The van der Waals surface area contributed by atoms with Crippen LogP contribution in [0.15, 0.2) is 36.4 Å². The highest BCUT2D eigenvalue weighted by molar-refractivity contribution is 6.21. The van der Waals surface area contributed by atoms with Gasteiger partial charge in [-0.2, -0.15) is 0 Å². The Hall–Kier alpha value is -1.60. The smallest absolute Gasteiger partial charge is 0.306 e. The summed E-state index contributed by atoms with van der Waals surface area (Å²) < 4.78 is 10.6. The fourth-order valence-electron chi connectivity index (χ4n) is 3.38. The van der Waals surface area contributed by atoms with Crippen LogP contribution in [-0.2, 0) is 16.1 Å². The SMILES string of the molecule is O=C(CC/C=C\C[C@@H]1[C@@H](COc2ccc(CO)cc2)[C@H](O)C[C@H]1Cl)OCCO. The van der Waals surface area contributed by atoms with Gasteiger partial charge >= 0.3 is 5.97 Å². The van der Waals surface area contributed by atoms with Crippen molar-refractivity contribution in [1.29, 1.82) is 0 Å². The maximum atomic E-state index is 11.4. The third kappa shape index (κ3) is 7.09. The van der Waals surface area contributed by atoms with Crippen molar-refractivity contribution in [2.75, 3.05) is 19.8 Å². The zero-order chi connectivity index (χ0) is 20.4. The topological polar surface area (TPSA) is 96.2 Å². The number of benzene rings is 1. The molecule has 1 aromatic rings. The van der Waals surface area contributed by atoms with Crippen LogP contribution in [0.25, 0.3) is 0 Å². The molecule has 4 atom stereocenters. The molecule has 0 heterocycles. The highest BCUT2D eigenvalue weighted by Gasteiger charge is 2.41. The van der Waals surface area contributed by atoms with Gasteiger partial charge in [0.05, 0.1) is 25.9 Å². The number of carbonyl (C=O) groups is 1. The molecule has 0 spiro atoms. The van der Waals surface area contributed by atoms with Gasteiger partial charge in [0.1, 0.15) is 12.4 Å². The molecule has 1 aliphatic carbocycles. The average Bonchev–Trinajstić information content (AvgIpc) is 2.97. The summed E-state index contributed by atoms with van der Waals surface area (Å²) in [5.41, 5.74) is 0.817. The molecule has 0 radical (unpaired) electrons. The van der Waals surface area contributed by atoms with E-state index in [9.17, 15) is 9.90 Å². The van der Waals surface area contributed by atoms with Crippen molar-refractivity contribution in [2.24, 2.45) is 11.8 Å². The molecule has 28 heavy (non-hydrogen) atoms. The van der Waals surface area contributed by atoms with E-state index >= 15 is 0 Å². The Balaban J connectivity index is 1.80. The molecule has 0 unspecified atom stereocenters. The van der Waals surface area contributed by atoms with E-state index in [-0.39, 0.29) is 49.4 Å². The minimum absolute atomic E-state index is 0.0108. The first-order valence-electron chi connectivity index (χ1n) is 9.61. The van der Waals surface area contributed by atoms with Crippen LogP contribution in [0.3, 0.4) is 0 Å². The van der Waals surface area contributed by atoms with E-state index in [2.05, 4.69) is 0 Å². The van der Waals surface area contributed by atoms with Crippen molar-refractivity contribution in [3.63, 3.8) is 0 Å². The van der Waals surface area contributed by atoms with Gasteiger partial charge in [0.15, 0.2) is 0 Å². The van der Waals surface area contributed by atoms with Crippen LogP contribution in [0, 0.1) is 11.8 Å². The third-order valence-corrected chi connectivity index (χ3v) is 5.47. The molecule has 0 amide bonds. The van der Waals surface area contributed by atoms with Crippen molar-refractivity contribution < 1.29 is 29.6 Å². The van der Waals surface area contributed by atoms with Crippen LogP contribution in [0.1, 0.15) is 31.2 Å². The zero-order valence-corrected chi connectivity index (χ0v) is 16.6. The van der Waals surface area contributed by atoms with Crippen molar-refractivity contribution in [1.82, 2.24) is 0 Å². The fourth-order valence-corrected chi connectivity index (χ4v) is 3.85. The van der Waals surface area contributed by atoms with Gasteiger partial charge in [-0.25, -0.2) is 0 Å². The summed E-state index contributed by atoms with van der Waals surface area (Å²) >= 11 is 6.43. The second-order valence-corrected chi connectivity index (χ2v) is 7.51. The predicted molar refractivity (Wildman–Crippen MR) is 106 cm³/mol. The summed E-state index contributed by atoms with van der Waals surface area (Å²) in [6.07, 6.45) is 5.46. The number of allylic oxidation sites excluding steroid dienone is 2. The molecular weight excluding hydrogens is 384 g/mol. The third-order valence-electron chi connectivity index (χ3n) is 4.97. The number of carbonyl (C=O) groups excluding carboxylic acids is 1. The summed E-state index contributed by atoms with van der Waals surface area (Å²) in [6, 6.07) is 7.21. The first kappa shape index (κ1) is 22.7. The molecule has 0 aromatic heterocycles. The van der Waals surface area contributed by atoms with E-state index in [0.717, 1.165) is 5.56 Å². The number of hydrogen-bond donors (Lipinski definition) is 3. The number of halogens is 1. The number of rotatable bonds is 11. The van der Waals surface area contributed by atoms with Crippen molar-refractivity contribution in [2.45, 2.75) is 43.8 Å². The maximum absolute atomic E-state index is 11.4. The summed E-state index contributed by atoms with van der Waals surface area (Å²) in [6.45, 7) is 0.219. The van der Waals surface area contributed by atoms with Gasteiger partial charge in [-0.05, 0) is 42.9 Å². The fraction of sp³-hybridized carbons (Fsp3) is 0.571. The first-order chi connectivity index (χ1) is 13.5. The summed E-state index contributed by atoms with van der Waals surface area (Å²) in [4.78, 5) is 11.4. The van der Waals surface area contributed by atoms with Gasteiger partial charge in [0.25, 0.3) is 0 Å². The second-order valence-electron chi connectivity index (χ2n) is 6.95. The van der Waals surface area contributed by atoms with Crippen LogP contribution >= 0.6 is 11.6 Å². The summed E-state index contributed by atoms with van der Waals surface area (Å²) in [7, 11) is 0. The Morgan fingerprint density at radius 1 is 1.18 bits per heavy atom. The van der Waals surface area contributed by atoms with E-state index in [4.69, 9.17) is 31.3 Å². The molecule has 1 fully saturated rings. The Morgan fingerprint density at radius 3 is 2.61 bits per heavy atom. The Morgan fingerprint density at radius 2 is 1.93 bits per heavy atom. The lowest BCUT2D eigenvalue weighted by Crippen LogP contribution is -2.27. The van der Waals surface area contributed by atoms with Crippen LogP contribution in [0.5, 0.6) is 5.75 Å². The number of hydrogen-bond acceptors (Lipinski definition) is 6. The number of aliphatic hydroxyl groups excluding tert-OH is 3. The van der Waals surface area contributed by atoms with Crippen LogP contribution < -0.4 is 4.74 Å². The zero-order valence-electron chi connectivity index (χ0n) is 15.9. The van der Waals surface area contributed by atoms with Gasteiger partial charge < -0.3 is 24.8 Å². The molecule has 7 heteroatoms. The molecule has 0 saturated heterocycles. The number of ether oxygens (including phenoxy) is 2. The molecule has 2 rings (SSSR count). The number of alkyl halides is 1.